The van der Waals surface area contributed by atoms with Crippen LogP contribution in [-0.4, -0.2) is 33.2 Å². The van der Waals surface area contributed by atoms with Gasteiger partial charge in [0.2, 0.25) is 0 Å². The molecular formula is C16H20N4O4. The summed E-state index contributed by atoms with van der Waals surface area (Å²) in [6.07, 6.45) is 1.77. The van der Waals surface area contributed by atoms with E-state index in [0.717, 1.165) is 4.57 Å². The van der Waals surface area contributed by atoms with Crippen LogP contribution in [0.25, 0.3) is 11.1 Å². The summed E-state index contributed by atoms with van der Waals surface area (Å²) < 4.78 is 7.05. The van der Waals surface area contributed by atoms with Crippen LogP contribution in [0.15, 0.2) is 27.9 Å². The Morgan fingerprint density at radius 1 is 1.29 bits per heavy atom. The molecule has 0 spiro atoms. The summed E-state index contributed by atoms with van der Waals surface area (Å²) in [7, 11) is 4.32. The van der Waals surface area contributed by atoms with Crippen LogP contribution in [0.2, 0.25) is 0 Å². The summed E-state index contributed by atoms with van der Waals surface area (Å²) >= 11 is 0. The molecule has 0 fully saturated rings. The third-order valence-electron chi connectivity index (χ3n) is 4.00. The van der Waals surface area contributed by atoms with E-state index in [9.17, 15) is 14.4 Å². The summed E-state index contributed by atoms with van der Waals surface area (Å²) in [6.45, 7) is 1.71. The molecule has 2 aromatic rings. The van der Waals surface area contributed by atoms with Crippen molar-refractivity contribution in [2.45, 2.75) is 19.4 Å². The Labute approximate surface area is 138 Å². The second-order valence-corrected chi connectivity index (χ2v) is 5.54. The first-order chi connectivity index (χ1) is 11.3. The normalized spacial score (nSPS) is 12.0. The molecule has 0 bridgehead atoms. The lowest BCUT2D eigenvalue weighted by atomic mass is 10.1. The number of methoxy groups -OCH3 is 1. The molecule has 8 heteroatoms. The van der Waals surface area contributed by atoms with Gasteiger partial charge in [0.15, 0.2) is 0 Å². The fourth-order valence-corrected chi connectivity index (χ4v) is 2.43. The zero-order valence-corrected chi connectivity index (χ0v) is 14.1. The maximum absolute atomic E-state index is 12.4. The van der Waals surface area contributed by atoms with E-state index >= 15 is 0 Å². The maximum Gasteiger partial charge on any atom is 0.330 e. The van der Waals surface area contributed by atoms with Crippen molar-refractivity contribution < 1.29 is 9.53 Å². The Balaban J connectivity index is 2.41. The molecule has 2 N–H and O–H groups in total. The van der Waals surface area contributed by atoms with Crippen LogP contribution in [0.5, 0.6) is 0 Å². The van der Waals surface area contributed by atoms with Crippen LogP contribution >= 0.6 is 0 Å². The molecule has 0 amide bonds. The second kappa shape index (κ2) is 6.79. The van der Waals surface area contributed by atoms with E-state index in [1.165, 1.54) is 24.9 Å². The van der Waals surface area contributed by atoms with Crippen LogP contribution in [0.4, 0.5) is 0 Å². The number of esters is 1. The number of nitrogens with zero attached hydrogens (tertiary/aromatic N) is 3. The largest absolute Gasteiger partial charge is 0.468 e. The van der Waals surface area contributed by atoms with Crippen LogP contribution in [0.3, 0.4) is 0 Å². The lowest BCUT2D eigenvalue weighted by Crippen LogP contribution is -2.39. The standard InChI is InChI=1S/C16H20N4O4/c1-9-13(14(21)20(3)16(23)19(9)2)10-5-6-11(18-8-10)7-12(17)15(22)24-4/h5-6,8,12H,7,17H2,1-4H3/t12-/m0/s1. The monoisotopic (exact) mass is 332 g/mol. The number of nitrogens with two attached hydrogens (primary N) is 1. The van der Waals surface area contributed by atoms with E-state index in [2.05, 4.69) is 9.72 Å². The number of hydrogen-bond acceptors (Lipinski definition) is 6. The molecule has 0 aliphatic rings. The number of pyridine rings is 1. The molecule has 2 heterocycles. The molecule has 24 heavy (non-hydrogen) atoms. The number of ether oxygens (including phenoxy) is 1. The van der Waals surface area contributed by atoms with Crippen LogP contribution in [0.1, 0.15) is 11.4 Å². The fourth-order valence-electron chi connectivity index (χ4n) is 2.43. The molecule has 128 valence electrons. The minimum absolute atomic E-state index is 0.233. The number of carbonyl (C=O) groups is 1. The first kappa shape index (κ1) is 17.6. The molecule has 0 unspecified atom stereocenters. The molecule has 1 atom stereocenters. The van der Waals surface area contributed by atoms with Crippen molar-refractivity contribution in [1.82, 2.24) is 14.1 Å². The van der Waals surface area contributed by atoms with E-state index in [-0.39, 0.29) is 17.7 Å². The lowest BCUT2D eigenvalue weighted by Gasteiger charge is -2.12. The number of carbonyl (C=O) groups excluding carboxylic acids is 1. The van der Waals surface area contributed by atoms with Gasteiger partial charge in [-0.25, -0.2) is 4.79 Å². The van der Waals surface area contributed by atoms with E-state index in [1.807, 2.05) is 0 Å². The highest BCUT2D eigenvalue weighted by atomic mass is 16.5. The minimum Gasteiger partial charge on any atom is -0.468 e. The Kier molecular flexibility index (Phi) is 4.99. The molecule has 8 nitrogen and oxygen atoms in total. The van der Waals surface area contributed by atoms with Crippen molar-refractivity contribution in [3.8, 4) is 11.1 Å². The van der Waals surface area contributed by atoms with Crippen LogP contribution in [-0.2, 0) is 30.0 Å². The summed E-state index contributed by atoms with van der Waals surface area (Å²) in [6, 6.07) is 2.63. The van der Waals surface area contributed by atoms with E-state index in [4.69, 9.17) is 5.73 Å². The zero-order valence-electron chi connectivity index (χ0n) is 14.1. The number of aromatic nitrogens is 3. The zero-order chi connectivity index (χ0) is 18.0. The van der Waals surface area contributed by atoms with Gasteiger partial charge in [-0.1, -0.05) is 6.07 Å². The molecule has 2 rings (SSSR count). The summed E-state index contributed by atoms with van der Waals surface area (Å²) in [4.78, 5) is 39.9. The third kappa shape index (κ3) is 3.13. The highest BCUT2D eigenvalue weighted by Crippen LogP contribution is 2.17. The van der Waals surface area contributed by atoms with Crippen molar-refractivity contribution in [3.05, 3.63) is 50.6 Å². The Morgan fingerprint density at radius 3 is 2.50 bits per heavy atom. The first-order valence-corrected chi connectivity index (χ1v) is 7.33. The summed E-state index contributed by atoms with van der Waals surface area (Å²) in [5.74, 6) is -0.511. The van der Waals surface area contributed by atoms with Crippen molar-refractivity contribution in [1.29, 1.82) is 0 Å². The predicted octanol–water partition coefficient (Wildman–Crippen LogP) is -0.503. The quantitative estimate of drug-likeness (QED) is 0.756. The van der Waals surface area contributed by atoms with Gasteiger partial charge in [0.25, 0.3) is 5.56 Å². The van der Waals surface area contributed by atoms with E-state index < -0.39 is 12.0 Å². The fraction of sp³-hybridized carbons (Fsp3) is 0.375. The van der Waals surface area contributed by atoms with E-state index in [0.29, 0.717) is 22.5 Å². The molecule has 0 aliphatic carbocycles. The highest BCUT2D eigenvalue weighted by molar-refractivity contribution is 5.75. The van der Waals surface area contributed by atoms with Gasteiger partial charge in [0.1, 0.15) is 6.04 Å². The van der Waals surface area contributed by atoms with Crippen molar-refractivity contribution in [2.24, 2.45) is 19.8 Å². The topological polar surface area (TPSA) is 109 Å². The molecule has 2 aromatic heterocycles. The summed E-state index contributed by atoms with van der Waals surface area (Å²) in [5, 5.41) is 0. The third-order valence-corrected chi connectivity index (χ3v) is 4.00. The first-order valence-electron chi connectivity index (χ1n) is 7.33. The van der Waals surface area contributed by atoms with Gasteiger partial charge in [0, 0.05) is 43.7 Å². The second-order valence-electron chi connectivity index (χ2n) is 5.54. The average molecular weight is 332 g/mol. The maximum atomic E-state index is 12.4. The molecule has 0 saturated carbocycles. The molecular weight excluding hydrogens is 312 g/mol. The van der Waals surface area contributed by atoms with Gasteiger partial charge in [-0.2, -0.15) is 0 Å². The van der Waals surface area contributed by atoms with Crippen molar-refractivity contribution in [3.63, 3.8) is 0 Å². The Bertz CT molecular complexity index is 881. The minimum atomic E-state index is -0.791. The van der Waals surface area contributed by atoms with Crippen LogP contribution < -0.4 is 17.0 Å². The summed E-state index contributed by atoms with van der Waals surface area (Å²) in [5.41, 5.74) is 7.13. The van der Waals surface area contributed by atoms with Gasteiger partial charge < -0.3 is 15.0 Å². The Morgan fingerprint density at radius 2 is 1.96 bits per heavy atom. The lowest BCUT2D eigenvalue weighted by molar-refractivity contribution is -0.142. The van der Waals surface area contributed by atoms with Gasteiger partial charge in [0.05, 0.1) is 12.7 Å². The average Bonchev–Trinajstić information content (AvgIpc) is 2.59. The highest BCUT2D eigenvalue weighted by Gasteiger charge is 2.17. The van der Waals surface area contributed by atoms with Gasteiger partial charge in [-0.15, -0.1) is 0 Å². The number of hydrogen-bond donors (Lipinski definition) is 1. The van der Waals surface area contributed by atoms with Crippen molar-refractivity contribution >= 4 is 5.97 Å². The predicted molar refractivity (Wildman–Crippen MR) is 88.6 cm³/mol. The van der Waals surface area contributed by atoms with Gasteiger partial charge in [-0.05, 0) is 13.0 Å². The van der Waals surface area contributed by atoms with Gasteiger partial charge in [-0.3, -0.25) is 19.1 Å². The molecule has 0 radical (unpaired) electrons. The molecule has 0 saturated heterocycles. The Hall–Kier alpha value is -2.74. The smallest absolute Gasteiger partial charge is 0.330 e. The van der Waals surface area contributed by atoms with Gasteiger partial charge >= 0.3 is 11.7 Å². The van der Waals surface area contributed by atoms with E-state index in [1.54, 1.807) is 26.1 Å². The van der Waals surface area contributed by atoms with Crippen molar-refractivity contribution in [2.75, 3.05) is 7.11 Å². The molecule has 0 aliphatic heterocycles. The SMILES string of the molecule is COC(=O)[C@@H](N)Cc1ccc(-c2c(C)n(C)c(=O)n(C)c2=O)cn1. The number of rotatable bonds is 4. The molecule has 0 aromatic carbocycles. The van der Waals surface area contributed by atoms with Crippen LogP contribution in [0, 0.1) is 6.92 Å².